The first-order valence-corrected chi connectivity index (χ1v) is 8.44. The van der Waals surface area contributed by atoms with Crippen LogP contribution >= 0.6 is 23.2 Å². The van der Waals surface area contributed by atoms with Gasteiger partial charge in [0.15, 0.2) is 0 Å². The molecule has 0 fully saturated rings. The molecule has 0 aliphatic heterocycles. The highest BCUT2D eigenvalue weighted by Crippen LogP contribution is 2.25. The molecule has 0 saturated heterocycles. The Hall–Kier alpha value is -1.91. The summed E-state index contributed by atoms with van der Waals surface area (Å²) in [7, 11) is 0. The second-order valence-corrected chi connectivity index (χ2v) is 5.87. The van der Waals surface area contributed by atoms with Gasteiger partial charge in [0.05, 0.1) is 23.9 Å². The summed E-state index contributed by atoms with van der Waals surface area (Å²) in [6.45, 7) is 3.02. The van der Waals surface area contributed by atoms with E-state index in [1.807, 2.05) is 31.2 Å². The lowest BCUT2D eigenvalue weighted by atomic mass is 10.2. The fourth-order valence-corrected chi connectivity index (χ4v) is 2.36. The Morgan fingerprint density at radius 1 is 1.04 bits per heavy atom. The van der Waals surface area contributed by atoms with Crippen LogP contribution in [0.5, 0.6) is 11.5 Å². The minimum Gasteiger partial charge on any atom is -0.494 e. The van der Waals surface area contributed by atoms with Gasteiger partial charge >= 0.3 is 0 Å². The number of benzene rings is 2. The molecule has 0 atom stereocenters. The van der Waals surface area contributed by atoms with Crippen molar-refractivity contribution in [1.29, 1.82) is 0 Å². The Morgan fingerprint density at radius 3 is 2.38 bits per heavy atom. The molecule has 2 rings (SSSR count). The van der Waals surface area contributed by atoms with Crippen LogP contribution in [0, 0.1) is 0 Å². The van der Waals surface area contributed by atoms with Crippen molar-refractivity contribution < 1.29 is 14.3 Å². The van der Waals surface area contributed by atoms with Crippen LogP contribution in [0.25, 0.3) is 0 Å². The molecule has 0 saturated carbocycles. The van der Waals surface area contributed by atoms with Crippen molar-refractivity contribution in [2.75, 3.05) is 18.5 Å². The molecule has 0 aromatic heterocycles. The van der Waals surface area contributed by atoms with Crippen LogP contribution in [0.4, 0.5) is 5.69 Å². The molecule has 128 valence electrons. The van der Waals surface area contributed by atoms with Gasteiger partial charge in [-0.25, -0.2) is 0 Å². The molecule has 0 aliphatic rings. The van der Waals surface area contributed by atoms with Gasteiger partial charge < -0.3 is 14.8 Å². The predicted octanol–water partition coefficient (Wildman–Crippen LogP) is 5.19. The summed E-state index contributed by atoms with van der Waals surface area (Å²) in [5.41, 5.74) is 0.515. The predicted molar refractivity (Wildman–Crippen MR) is 97.4 cm³/mol. The molecule has 0 bridgehead atoms. The average Bonchev–Trinajstić information content (AvgIpc) is 2.57. The summed E-state index contributed by atoms with van der Waals surface area (Å²) >= 11 is 11.9. The molecule has 0 spiro atoms. The molecule has 2 aromatic rings. The maximum Gasteiger partial charge on any atom is 0.224 e. The molecular weight excluding hydrogens is 349 g/mol. The average molecular weight is 368 g/mol. The minimum absolute atomic E-state index is 0.130. The van der Waals surface area contributed by atoms with Crippen LogP contribution in [0.1, 0.15) is 19.8 Å². The Kier molecular flexibility index (Phi) is 7.22. The number of anilines is 1. The Labute approximate surface area is 151 Å². The number of hydrogen-bond acceptors (Lipinski definition) is 3. The summed E-state index contributed by atoms with van der Waals surface area (Å²) in [4.78, 5) is 11.9. The van der Waals surface area contributed by atoms with E-state index in [0.29, 0.717) is 41.8 Å². The number of hydrogen-bond donors (Lipinski definition) is 1. The van der Waals surface area contributed by atoms with Crippen LogP contribution < -0.4 is 14.8 Å². The molecule has 24 heavy (non-hydrogen) atoms. The van der Waals surface area contributed by atoms with Crippen LogP contribution in [0.2, 0.25) is 10.0 Å². The standard InChI is InChI=1S/C18H19Cl2NO3/c1-2-23-14-6-8-15(9-7-14)24-11-3-4-18(22)21-17-12-13(19)5-10-16(17)20/h5-10,12H,2-4,11H2,1H3,(H,21,22). The Balaban J connectivity index is 1.71. The Bertz CT molecular complexity index is 674. The van der Waals surface area contributed by atoms with E-state index in [9.17, 15) is 4.79 Å². The fourth-order valence-electron chi connectivity index (χ4n) is 2.03. The zero-order valence-corrected chi connectivity index (χ0v) is 14.9. The topological polar surface area (TPSA) is 47.6 Å². The van der Waals surface area contributed by atoms with Gasteiger partial charge in [0.1, 0.15) is 11.5 Å². The van der Waals surface area contributed by atoms with E-state index in [-0.39, 0.29) is 5.91 Å². The van der Waals surface area contributed by atoms with E-state index in [1.165, 1.54) is 0 Å². The van der Waals surface area contributed by atoms with Crippen molar-refractivity contribution >= 4 is 34.8 Å². The highest BCUT2D eigenvalue weighted by atomic mass is 35.5. The summed E-state index contributed by atoms with van der Waals surface area (Å²) in [6.07, 6.45) is 0.928. The van der Waals surface area contributed by atoms with Crippen LogP contribution in [-0.2, 0) is 4.79 Å². The number of rotatable bonds is 8. The van der Waals surface area contributed by atoms with Crippen LogP contribution in [-0.4, -0.2) is 19.1 Å². The van der Waals surface area contributed by atoms with Gasteiger partial charge in [0.25, 0.3) is 0 Å². The maximum atomic E-state index is 11.9. The lowest BCUT2D eigenvalue weighted by Gasteiger charge is -2.09. The highest BCUT2D eigenvalue weighted by Gasteiger charge is 2.07. The largest absolute Gasteiger partial charge is 0.494 e. The number of carbonyl (C=O) groups excluding carboxylic acids is 1. The van der Waals surface area contributed by atoms with Gasteiger partial charge in [-0.1, -0.05) is 23.2 Å². The third-order valence-electron chi connectivity index (χ3n) is 3.15. The number of carbonyl (C=O) groups is 1. The highest BCUT2D eigenvalue weighted by molar-refractivity contribution is 6.35. The van der Waals surface area contributed by atoms with Gasteiger partial charge in [-0.15, -0.1) is 0 Å². The van der Waals surface area contributed by atoms with Gasteiger partial charge in [0, 0.05) is 11.4 Å². The smallest absolute Gasteiger partial charge is 0.224 e. The summed E-state index contributed by atoms with van der Waals surface area (Å²) in [6, 6.07) is 12.3. The third-order valence-corrected chi connectivity index (χ3v) is 3.72. The van der Waals surface area contributed by atoms with Crippen molar-refractivity contribution in [3.8, 4) is 11.5 Å². The van der Waals surface area contributed by atoms with E-state index < -0.39 is 0 Å². The van der Waals surface area contributed by atoms with E-state index in [0.717, 1.165) is 11.5 Å². The van der Waals surface area contributed by atoms with Gasteiger partial charge in [-0.3, -0.25) is 4.79 Å². The van der Waals surface area contributed by atoms with E-state index in [2.05, 4.69) is 5.32 Å². The van der Waals surface area contributed by atoms with Crippen LogP contribution in [0.3, 0.4) is 0 Å². The van der Waals surface area contributed by atoms with Crippen molar-refractivity contribution in [3.05, 3.63) is 52.5 Å². The third kappa shape index (κ3) is 5.95. The van der Waals surface area contributed by atoms with Crippen LogP contribution in [0.15, 0.2) is 42.5 Å². The van der Waals surface area contributed by atoms with Crippen molar-refractivity contribution in [1.82, 2.24) is 0 Å². The normalized spacial score (nSPS) is 10.3. The lowest BCUT2D eigenvalue weighted by Crippen LogP contribution is -2.13. The van der Waals surface area contributed by atoms with E-state index in [4.69, 9.17) is 32.7 Å². The molecule has 0 aliphatic carbocycles. The molecular formula is C18H19Cl2NO3. The first-order chi connectivity index (χ1) is 11.6. The first kappa shape index (κ1) is 18.4. The monoisotopic (exact) mass is 367 g/mol. The maximum absolute atomic E-state index is 11.9. The van der Waals surface area contributed by atoms with Gasteiger partial charge in [0.2, 0.25) is 5.91 Å². The molecule has 2 aromatic carbocycles. The minimum atomic E-state index is -0.130. The van der Waals surface area contributed by atoms with Gasteiger partial charge in [-0.2, -0.15) is 0 Å². The zero-order chi connectivity index (χ0) is 17.4. The van der Waals surface area contributed by atoms with E-state index in [1.54, 1.807) is 18.2 Å². The molecule has 0 radical (unpaired) electrons. The van der Waals surface area contributed by atoms with Crippen molar-refractivity contribution in [3.63, 3.8) is 0 Å². The van der Waals surface area contributed by atoms with Crippen molar-refractivity contribution in [2.45, 2.75) is 19.8 Å². The number of ether oxygens (including phenoxy) is 2. The molecule has 6 heteroatoms. The Morgan fingerprint density at radius 2 is 1.71 bits per heavy atom. The van der Waals surface area contributed by atoms with Crippen molar-refractivity contribution in [2.24, 2.45) is 0 Å². The number of halogens is 2. The second-order valence-electron chi connectivity index (χ2n) is 5.03. The quantitative estimate of drug-likeness (QED) is 0.653. The molecule has 1 amide bonds. The summed E-state index contributed by atoms with van der Waals surface area (Å²) < 4.78 is 11.0. The number of nitrogens with one attached hydrogen (secondary N) is 1. The SMILES string of the molecule is CCOc1ccc(OCCCC(=O)Nc2cc(Cl)ccc2Cl)cc1. The molecule has 4 nitrogen and oxygen atoms in total. The molecule has 0 heterocycles. The number of amides is 1. The first-order valence-electron chi connectivity index (χ1n) is 7.69. The lowest BCUT2D eigenvalue weighted by molar-refractivity contribution is -0.116. The summed E-state index contributed by atoms with van der Waals surface area (Å²) in [5, 5.41) is 3.72. The summed E-state index contributed by atoms with van der Waals surface area (Å²) in [5.74, 6) is 1.42. The second kappa shape index (κ2) is 9.40. The van der Waals surface area contributed by atoms with Gasteiger partial charge in [-0.05, 0) is 55.8 Å². The fraction of sp³-hybridized carbons (Fsp3) is 0.278. The molecule has 1 N–H and O–H groups in total. The molecule has 0 unspecified atom stereocenters. The zero-order valence-electron chi connectivity index (χ0n) is 13.4. The van der Waals surface area contributed by atoms with E-state index >= 15 is 0 Å².